The van der Waals surface area contributed by atoms with Gasteiger partial charge in [0, 0.05) is 17.3 Å². The quantitative estimate of drug-likeness (QED) is 0.647. The lowest BCUT2D eigenvalue weighted by molar-refractivity contribution is -0.126. The third-order valence-corrected chi connectivity index (χ3v) is 6.89. The van der Waals surface area contributed by atoms with Gasteiger partial charge in [-0.3, -0.25) is 4.79 Å². The van der Waals surface area contributed by atoms with Gasteiger partial charge in [-0.25, -0.2) is 9.97 Å². The molecule has 4 fully saturated rings. The highest BCUT2D eigenvalue weighted by Gasteiger charge is 2.51. The van der Waals surface area contributed by atoms with Crippen LogP contribution >= 0.6 is 11.8 Å². The molecular formula is C18H26N4OS. The summed E-state index contributed by atoms with van der Waals surface area (Å²) in [5, 5.41) is 3.80. The largest absolute Gasteiger partial charge is 0.384 e. The Bertz CT molecular complexity index is 607. The van der Waals surface area contributed by atoms with E-state index in [9.17, 15) is 4.79 Å². The molecule has 130 valence electrons. The first-order valence-electron chi connectivity index (χ1n) is 9.01. The summed E-state index contributed by atoms with van der Waals surface area (Å²) < 4.78 is 0. The molecule has 5 rings (SSSR count). The van der Waals surface area contributed by atoms with E-state index in [0.717, 1.165) is 23.4 Å². The van der Waals surface area contributed by atoms with Crippen LogP contribution in [-0.4, -0.2) is 26.7 Å². The molecule has 24 heavy (non-hydrogen) atoms. The minimum absolute atomic E-state index is 0.0626. The lowest BCUT2D eigenvalue weighted by atomic mass is 9.53. The fraction of sp³-hybridized carbons (Fsp3) is 0.722. The van der Waals surface area contributed by atoms with Gasteiger partial charge >= 0.3 is 0 Å². The van der Waals surface area contributed by atoms with E-state index in [1.807, 2.05) is 13.8 Å². The number of carbonyl (C=O) groups is 1. The molecule has 1 heterocycles. The molecule has 5 nitrogen and oxygen atoms in total. The van der Waals surface area contributed by atoms with Gasteiger partial charge in [0.05, 0.1) is 5.25 Å². The Labute approximate surface area is 147 Å². The van der Waals surface area contributed by atoms with Gasteiger partial charge in [-0.15, -0.1) is 0 Å². The van der Waals surface area contributed by atoms with Crippen LogP contribution in [0, 0.1) is 24.7 Å². The number of carbonyl (C=O) groups excluding carboxylic acids is 1. The van der Waals surface area contributed by atoms with Crippen LogP contribution in [0.1, 0.15) is 51.1 Å². The summed E-state index contributed by atoms with van der Waals surface area (Å²) in [6, 6.07) is 1.74. The Hall–Kier alpha value is -1.30. The maximum Gasteiger partial charge on any atom is 0.233 e. The second kappa shape index (κ2) is 5.90. The zero-order valence-corrected chi connectivity index (χ0v) is 15.2. The van der Waals surface area contributed by atoms with Gasteiger partial charge in [0.1, 0.15) is 5.82 Å². The Morgan fingerprint density at radius 1 is 1.25 bits per heavy atom. The van der Waals surface area contributed by atoms with E-state index in [1.165, 1.54) is 50.3 Å². The van der Waals surface area contributed by atoms with E-state index in [0.29, 0.717) is 11.0 Å². The number of nitrogens with zero attached hydrogens (tertiary/aromatic N) is 2. The van der Waals surface area contributed by atoms with Crippen LogP contribution in [0.2, 0.25) is 0 Å². The van der Waals surface area contributed by atoms with Crippen LogP contribution in [-0.2, 0) is 4.79 Å². The Balaban J connectivity index is 1.42. The number of anilines is 1. The highest BCUT2D eigenvalue weighted by atomic mass is 32.2. The standard InChI is InChI=1S/C18H26N4OS/c1-10-3-15(19)21-17(20-10)24-11(2)16(23)22-18-7-12-4-13(8-18)6-14(5-12)9-18/h3,11-14H,4-9H2,1-2H3,(H,22,23)(H2,19,20,21)/t11-,12?,13?,14?,18?/m1/s1. The van der Waals surface area contributed by atoms with Crippen molar-refractivity contribution >= 4 is 23.5 Å². The first-order valence-corrected chi connectivity index (χ1v) is 9.88. The summed E-state index contributed by atoms with van der Waals surface area (Å²) in [6.07, 6.45) is 7.68. The molecule has 4 saturated carbocycles. The smallest absolute Gasteiger partial charge is 0.233 e. The number of nitrogen functional groups attached to an aromatic ring is 1. The van der Waals surface area contributed by atoms with Gasteiger partial charge in [-0.05, 0) is 70.1 Å². The Morgan fingerprint density at radius 3 is 2.38 bits per heavy atom. The normalized spacial score (nSPS) is 35.0. The molecule has 0 aliphatic heterocycles. The van der Waals surface area contributed by atoms with Crippen molar-refractivity contribution in [1.29, 1.82) is 0 Å². The van der Waals surface area contributed by atoms with Gasteiger partial charge in [0.25, 0.3) is 0 Å². The molecular weight excluding hydrogens is 320 g/mol. The first-order chi connectivity index (χ1) is 11.4. The van der Waals surface area contributed by atoms with Crippen molar-refractivity contribution in [2.75, 3.05) is 5.73 Å². The van der Waals surface area contributed by atoms with Gasteiger partial charge in [-0.2, -0.15) is 0 Å². The number of rotatable bonds is 4. The number of nitrogens with two attached hydrogens (primary N) is 1. The molecule has 1 aromatic heterocycles. The number of nitrogens with one attached hydrogen (secondary N) is 1. The molecule has 3 N–H and O–H groups in total. The molecule has 4 bridgehead atoms. The molecule has 0 saturated heterocycles. The number of amides is 1. The molecule has 1 atom stereocenters. The van der Waals surface area contributed by atoms with Crippen LogP contribution in [0.4, 0.5) is 5.82 Å². The first kappa shape index (κ1) is 16.2. The van der Waals surface area contributed by atoms with Crippen LogP contribution in [0.15, 0.2) is 11.2 Å². The number of aromatic nitrogens is 2. The molecule has 0 spiro atoms. The summed E-state index contributed by atoms with van der Waals surface area (Å²) in [6.45, 7) is 3.82. The molecule has 0 unspecified atom stereocenters. The van der Waals surface area contributed by atoms with Crippen LogP contribution in [0.3, 0.4) is 0 Å². The van der Waals surface area contributed by atoms with Crippen molar-refractivity contribution in [2.45, 2.75) is 68.3 Å². The van der Waals surface area contributed by atoms with Gasteiger partial charge < -0.3 is 11.1 Å². The Kier molecular flexibility index (Phi) is 3.98. The molecule has 1 aromatic rings. The molecule has 4 aliphatic carbocycles. The van der Waals surface area contributed by atoms with Crippen molar-refractivity contribution in [3.8, 4) is 0 Å². The fourth-order valence-electron chi connectivity index (χ4n) is 5.46. The zero-order chi connectivity index (χ0) is 16.9. The van der Waals surface area contributed by atoms with E-state index in [4.69, 9.17) is 5.73 Å². The lowest BCUT2D eigenvalue weighted by Crippen LogP contribution is -2.60. The zero-order valence-electron chi connectivity index (χ0n) is 14.4. The topological polar surface area (TPSA) is 80.9 Å². The van der Waals surface area contributed by atoms with E-state index < -0.39 is 0 Å². The second-order valence-electron chi connectivity index (χ2n) is 8.16. The monoisotopic (exact) mass is 346 g/mol. The second-order valence-corrected chi connectivity index (χ2v) is 9.47. The van der Waals surface area contributed by atoms with Crippen LogP contribution < -0.4 is 11.1 Å². The van der Waals surface area contributed by atoms with Crippen molar-refractivity contribution < 1.29 is 4.79 Å². The summed E-state index contributed by atoms with van der Waals surface area (Å²) in [7, 11) is 0. The maximum absolute atomic E-state index is 12.8. The third-order valence-electron chi connectivity index (χ3n) is 5.93. The van der Waals surface area contributed by atoms with Gasteiger partial charge in [0.15, 0.2) is 5.16 Å². The van der Waals surface area contributed by atoms with Gasteiger partial charge in [0.2, 0.25) is 5.91 Å². The van der Waals surface area contributed by atoms with Crippen molar-refractivity contribution in [3.05, 3.63) is 11.8 Å². The molecule has 1 amide bonds. The van der Waals surface area contributed by atoms with Gasteiger partial charge in [-0.1, -0.05) is 11.8 Å². The third kappa shape index (κ3) is 3.13. The van der Waals surface area contributed by atoms with Crippen LogP contribution in [0.25, 0.3) is 0 Å². The van der Waals surface area contributed by atoms with Crippen molar-refractivity contribution in [2.24, 2.45) is 17.8 Å². The molecule has 4 aliphatic rings. The van der Waals surface area contributed by atoms with Crippen LogP contribution in [0.5, 0.6) is 0 Å². The fourth-order valence-corrected chi connectivity index (χ4v) is 6.29. The predicted octanol–water partition coefficient (Wildman–Crippen LogP) is 2.93. The molecule has 0 radical (unpaired) electrons. The maximum atomic E-state index is 12.8. The number of thioether (sulfide) groups is 1. The average Bonchev–Trinajstić information content (AvgIpc) is 2.43. The highest BCUT2D eigenvalue weighted by molar-refractivity contribution is 8.00. The molecule has 6 heteroatoms. The summed E-state index contributed by atoms with van der Waals surface area (Å²) in [4.78, 5) is 21.4. The minimum atomic E-state index is -0.209. The summed E-state index contributed by atoms with van der Waals surface area (Å²) >= 11 is 1.39. The van der Waals surface area contributed by atoms with E-state index in [2.05, 4.69) is 15.3 Å². The van der Waals surface area contributed by atoms with E-state index in [-0.39, 0.29) is 16.7 Å². The molecule has 0 aromatic carbocycles. The van der Waals surface area contributed by atoms with E-state index >= 15 is 0 Å². The summed E-state index contributed by atoms with van der Waals surface area (Å²) in [5.74, 6) is 3.07. The number of hydrogen-bond donors (Lipinski definition) is 2. The highest BCUT2D eigenvalue weighted by Crippen LogP contribution is 2.55. The average molecular weight is 347 g/mol. The minimum Gasteiger partial charge on any atom is -0.384 e. The SMILES string of the molecule is Cc1cc(N)nc(S[C@H](C)C(=O)NC23CC4CC(CC(C4)C2)C3)n1. The van der Waals surface area contributed by atoms with Crippen molar-refractivity contribution in [1.82, 2.24) is 15.3 Å². The van der Waals surface area contributed by atoms with Crippen molar-refractivity contribution in [3.63, 3.8) is 0 Å². The predicted molar refractivity (Wildman–Crippen MR) is 95.5 cm³/mol. The number of aryl methyl sites for hydroxylation is 1. The Morgan fingerprint density at radius 2 is 1.83 bits per heavy atom. The summed E-state index contributed by atoms with van der Waals surface area (Å²) in [5.41, 5.74) is 6.68. The number of hydrogen-bond acceptors (Lipinski definition) is 5. The van der Waals surface area contributed by atoms with E-state index in [1.54, 1.807) is 6.07 Å². The lowest BCUT2D eigenvalue weighted by Gasteiger charge is -2.57.